The number of fused-ring (bicyclic) bond motifs is 1. The zero-order chi connectivity index (χ0) is 19.4. The topological polar surface area (TPSA) is 20.2 Å². The second-order valence-corrected chi connectivity index (χ2v) is 6.53. The molecule has 0 aliphatic heterocycles. The van der Waals surface area contributed by atoms with Crippen molar-refractivity contribution in [3.05, 3.63) is 90.0 Å². The number of hydrogen-bond donors (Lipinski definition) is 1. The van der Waals surface area contributed by atoms with Crippen LogP contribution in [0.25, 0.3) is 33.0 Å². The van der Waals surface area contributed by atoms with Gasteiger partial charge in [0.2, 0.25) is 0 Å². The predicted octanol–water partition coefficient (Wildman–Crippen LogP) is 7.52. The van der Waals surface area contributed by atoms with Crippen LogP contribution in [0.3, 0.4) is 0 Å². The van der Waals surface area contributed by atoms with Gasteiger partial charge in [-0.25, -0.2) is 0 Å². The maximum atomic E-state index is 10.5. The van der Waals surface area contributed by atoms with Crippen molar-refractivity contribution in [1.29, 1.82) is 0 Å². The molecule has 0 saturated heterocycles. The average Bonchev–Trinajstić information content (AvgIpc) is 2.70. The van der Waals surface area contributed by atoms with Crippen LogP contribution in [0.1, 0.15) is 25.0 Å². The van der Waals surface area contributed by atoms with Gasteiger partial charge < -0.3 is 5.11 Å². The van der Waals surface area contributed by atoms with Gasteiger partial charge in [0.25, 0.3) is 0 Å². The van der Waals surface area contributed by atoms with Crippen molar-refractivity contribution >= 4 is 10.8 Å². The molecule has 0 aliphatic carbocycles. The van der Waals surface area contributed by atoms with Crippen LogP contribution in [0.15, 0.2) is 78.9 Å². The number of rotatable bonds is 2. The van der Waals surface area contributed by atoms with E-state index in [1.165, 1.54) is 16.7 Å². The summed E-state index contributed by atoms with van der Waals surface area (Å²) in [7, 11) is 0. The van der Waals surface area contributed by atoms with Crippen LogP contribution >= 0.6 is 0 Å². The van der Waals surface area contributed by atoms with E-state index in [9.17, 15) is 5.11 Å². The highest BCUT2D eigenvalue weighted by atomic mass is 16.3. The number of hydrogen-bond acceptors (Lipinski definition) is 1. The van der Waals surface area contributed by atoms with Gasteiger partial charge in [0.05, 0.1) is 0 Å². The number of benzene rings is 4. The molecule has 0 amide bonds. The number of aromatic hydroxyl groups is 1. The summed E-state index contributed by atoms with van der Waals surface area (Å²) in [5.74, 6) is 0.324. The Bertz CT molecular complexity index is 1080. The molecule has 4 rings (SSSR count). The Kier molecular flexibility index (Phi) is 5.61. The number of aryl methyl sites for hydroxylation is 2. The quantitative estimate of drug-likeness (QED) is 0.394. The van der Waals surface area contributed by atoms with E-state index in [4.69, 9.17) is 0 Å². The van der Waals surface area contributed by atoms with Crippen LogP contribution in [0.2, 0.25) is 0 Å². The molecule has 4 aromatic rings. The van der Waals surface area contributed by atoms with Gasteiger partial charge in [-0.1, -0.05) is 86.6 Å². The fraction of sp³-hybridized carbons (Fsp3) is 0.154. The third kappa shape index (κ3) is 3.59. The molecule has 0 aliphatic rings. The molecule has 1 N–H and O–H groups in total. The first-order chi connectivity index (χ1) is 13.1. The summed E-state index contributed by atoms with van der Waals surface area (Å²) in [4.78, 5) is 0. The Morgan fingerprint density at radius 3 is 2.07 bits per heavy atom. The minimum atomic E-state index is 0.324. The minimum absolute atomic E-state index is 0.324. The van der Waals surface area contributed by atoms with Crippen molar-refractivity contribution in [3.63, 3.8) is 0 Å². The number of phenolic OH excluding ortho intramolecular Hbond substituents is 1. The molecule has 27 heavy (non-hydrogen) atoms. The van der Waals surface area contributed by atoms with Gasteiger partial charge >= 0.3 is 0 Å². The Hall–Kier alpha value is -3.06. The fourth-order valence-corrected chi connectivity index (χ4v) is 3.55. The highest BCUT2D eigenvalue weighted by molar-refractivity contribution is 6.00. The van der Waals surface area contributed by atoms with Gasteiger partial charge in [-0.3, -0.25) is 0 Å². The zero-order valence-corrected chi connectivity index (χ0v) is 16.5. The molecule has 0 heterocycles. The maximum Gasteiger partial charge on any atom is 0.124 e. The summed E-state index contributed by atoms with van der Waals surface area (Å²) in [6.45, 7) is 8.24. The molecular weight excluding hydrogens is 328 g/mol. The summed E-state index contributed by atoms with van der Waals surface area (Å²) >= 11 is 0. The van der Waals surface area contributed by atoms with Crippen LogP contribution in [-0.4, -0.2) is 5.11 Å². The minimum Gasteiger partial charge on any atom is -0.507 e. The van der Waals surface area contributed by atoms with Gasteiger partial charge in [-0.2, -0.15) is 0 Å². The molecule has 4 aromatic carbocycles. The SMILES string of the molecule is CC.Cc1ccccc1-c1ccc(-c2c(O)ccc3ccccc23)c(C)c1. The number of phenols is 1. The first-order valence-electron chi connectivity index (χ1n) is 9.53. The maximum absolute atomic E-state index is 10.5. The lowest BCUT2D eigenvalue weighted by atomic mass is 9.91. The van der Waals surface area contributed by atoms with E-state index < -0.39 is 0 Å². The fourth-order valence-electron chi connectivity index (χ4n) is 3.55. The monoisotopic (exact) mass is 354 g/mol. The van der Waals surface area contributed by atoms with Gasteiger partial charge in [0, 0.05) is 5.56 Å². The first-order valence-corrected chi connectivity index (χ1v) is 9.53. The lowest BCUT2D eigenvalue weighted by Crippen LogP contribution is -1.89. The van der Waals surface area contributed by atoms with Crippen molar-refractivity contribution < 1.29 is 5.11 Å². The first kappa shape index (κ1) is 18.7. The van der Waals surface area contributed by atoms with Crippen molar-refractivity contribution in [1.82, 2.24) is 0 Å². The van der Waals surface area contributed by atoms with E-state index in [1.54, 1.807) is 6.07 Å². The van der Waals surface area contributed by atoms with Crippen LogP contribution in [0, 0.1) is 13.8 Å². The lowest BCUT2D eigenvalue weighted by Gasteiger charge is -2.14. The van der Waals surface area contributed by atoms with E-state index in [2.05, 4.69) is 68.4 Å². The third-order valence-electron chi connectivity index (χ3n) is 4.86. The van der Waals surface area contributed by atoms with Gasteiger partial charge in [-0.05, 0) is 58.5 Å². The zero-order valence-electron chi connectivity index (χ0n) is 16.5. The second-order valence-electron chi connectivity index (χ2n) is 6.53. The van der Waals surface area contributed by atoms with Crippen LogP contribution < -0.4 is 0 Å². The van der Waals surface area contributed by atoms with Crippen molar-refractivity contribution in [2.75, 3.05) is 0 Å². The van der Waals surface area contributed by atoms with E-state index in [0.717, 1.165) is 27.5 Å². The van der Waals surface area contributed by atoms with Crippen LogP contribution in [-0.2, 0) is 0 Å². The second kappa shape index (κ2) is 8.09. The summed E-state index contributed by atoms with van der Waals surface area (Å²) in [6.07, 6.45) is 0. The molecule has 0 spiro atoms. The summed E-state index contributed by atoms with van der Waals surface area (Å²) in [5.41, 5.74) is 6.87. The van der Waals surface area contributed by atoms with Crippen molar-refractivity contribution in [3.8, 4) is 28.0 Å². The van der Waals surface area contributed by atoms with E-state index in [0.29, 0.717) is 5.75 Å². The van der Waals surface area contributed by atoms with Crippen molar-refractivity contribution in [2.45, 2.75) is 27.7 Å². The molecule has 136 valence electrons. The molecular formula is C26H26O. The average molecular weight is 354 g/mol. The highest BCUT2D eigenvalue weighted by Gasteiger charge is 2.12. The predicted molar refractivity (Wildman–Crippen MR) is 117 cm³/mol. The molecule has 0 atom stereocenters. The largest absolute Gasteiger partial charge is 0.507 e. The molecule has 1 nitrogen and oxygen atoms in total. The van der Waals surface area contributed by atoms with E-state index >= 15 is 0 Å². The Balaban J connectivity index is 0.00000102. The summed E-state index contributed by atoms with van der Waals surface area (Å²) in [5, 5.41) is 12.7. The smallest absolute Gasteiger partial charge is 0.124 e. The van der Waals surface area contributed by atoms with Gasteiger partial charge in [-0.15, -0.1) is 0 Å². The lowest BCUT2D eigenvalue weighted by molar-refractivity contribution is 0.478. The van der Waals surface area contributed by atoms with Crippen LogP contribution in [0.5, 0.6) is 5.75 Å². The van der Waals surface area contributed by atoms with E-state index in [-0.39, 0.29) is 0 Å². The summed E-state index contributed by atoms with van der Waals surface area (Å²) in [6, 6.07) is 26.8. The van der Waals surface area contributed by atoms with Crippen LogP contribution in [0.4, 0.5) is 0 Å². The van der Waals surface area contributed by atoms with Gasteiger partial charge in [0.15, 0.2) is 0 Å². The summed E-state index contributed by atoms with van der Waals surface area (Å²) < 4.78 is 0. The van der Waals surface area contributed by atoms with E-state index in [1.807, 2.05) is 32.0 Å². The highest BCUT2D eigenvalue weighted by Crippen LogP contribution is 2.39. The Labute approximate surface area is 161 Å². The molecule has 1 heteroatoms. The Morgan fingerprint density at radius 2 is 1.33 bits per heavy atom. The molecule has 0 unspecified atom stereocenters. The van der Waals surface area contributed by atoms with Gasteiger partial charge in [0.1, 0.15) is 5.75 Å². The van der Waals surface area contributed by atoms with Crippen molar-refractivity contribution in [2.24, 2.45) is 0 Å². The molecule has 0 radical (unpaired) electrons. The molecule has 0 fully saturated rings. The Morgan fingerprint density at radius 1 is 0.630 bits per heavy atom. The normalized spacial score (nSPS) is 10.4. The molecule has 0 aromatic heterocycles. The molecule has 0 bridgehead atoms. The molecule has 0 saturated carbocycles. The standard InChI is InChI=1S/C24H20O.C2H6/c1-16-7-3-5-9-20(16)19-11-13-21(17(2)15-19)24-22-10-6-4-8-18(22)12-14-23(24)25;1-2/h3-15,25H,1-2H3;1-2H3. The third-order valence-corrected chi connectivity index (χ3v) is 4.86.